The summed E-state index contributed by atoms with van der Waals surface area (Å²) in [6.07, 6.45) is 0. The van der Waals surface area contributed by atoms with Crippen LogP contribution in [-0.4, -0.2) is 66.4 Å². The zero-order valence-corrected chi connectivity index (χ0v) is 31.5. The third-order valence-electron chi connectivity index (χ3n) is 7.38. The van der Waals surface area contributed by atoms with Gasteiger partial charge < -0.3 is 0 Å². The summed E-state index contributed by atoms with van der Waals surface area (Å²) in [7, 11) is -8.13. The van der Waals surface area contributed by atoms with Crippen LogP contribution in [0.1, 0.15) is 0 Å². The first-order valence-corrected chi connectivity index (χ1v) is 45.0. The fourth-order valence-corrected chi connectivity index (χ4v) is 315. The van der Waals surface area contributed by atoms with Gasteiger partial charge >= 0.3 is 0 Å². The molecule has 2 radical (unpaired) electrons. The third-order valence-corrected chi connectivity index (χ3v) is 183. The molecule has 0 N–H and O–H groups in total. The third kappa shape index (κ3) is 6.01. The molecule has 27 heavy (non-hydrogen) atoms. The van der Waals surface area contributed by atoms with E-state index in [1.807, 2.05) is 0 Å². The van der Waals surface area contributed by atoms with E-state index in [4.69, 9.17) is 0 Å². The number of hydrogen-bond acceptors (Lipinski definition) is 0. The van der Waals surface area contributed by atoms with E-state index in [2.05, 4.69) is 118 Å². The second kappa shape index (κ2) is 8.14. The predicted molar refractivity (Wildman–Crippen MR) is 157 cm³/mol. The Labute approximate surface area is 183 Å². The fourth-order valence-electron chi connectivity index (χ4n) is 7.41. The highest BCUT2D eigenvalue weighted by Gasteiger charge is 2.65. The molecule has 0 fully saturated rings. The molecular weight excluding hydrogens is 469 g/mol. The molecule has 0 saturated heterocycles. The SMILES string of the molecule is C[Si](C)(C)[Si]([Si](C)(C)C)[Si](C)(C)[Si](C)(C)[Si](C)(C)[Si]([Si](C)(C)C)[Si](C)(C)C. The zero-order chi connectivity index (χ0) is 22.7. The molecule has 0 atom stereocenters. The molecule has 0 spiro atoms. The van der Waals surface area contributed by atoms with E-state index in [0.29, 0.717) is 0 Å². The normalized spacial score (nSPS) is 16.4. The van der Waals surface area contributed by atoms with Gasteiger partial charge in [-0.25, -0.2) is 0 Å². The highest BCUT2D eigenvalue weighted by Crippen LogP contribution is 2.40. The standard InChI is InChI=1S/C18H54Si9/c1-21(2,3)19(22(4,5)6)25(13,14)27(17,18)26(15,16)20(23(7,8)9)24(10,11)12/h1-18H3. The van der Waals surface area contributed by atoms with Crippen molar-refractivity contribution in [1.82, 2.24) is 0 Å². The van der Waals surface area contributed by atoms with Crippen LogP contribution < -0.4 is 0 Å². The largest absolute Gasteiger partial charge is 0.0739 e. The Morgan fingerprint density at radius 3 is 0.556 bits per heavy atom. The smallest absolute Gasteiger partial charge is 0.0303 e. The number of hydrogen-bond donors (Lipinski definition) is 0. The molecule has 0 unspecified atom stereocenters. The van der Waals surface area contributed by atoms with Gasteiger partial charge in [-0.2, -0.15) is 0 Å². The van der Waals surface area contributed by atoms with Crippen LogP contribution in [0.4, 0.5) is 0 Å². The molecule has 0 aliphatic rings. The Morgan fingerprint density at radius 1 is 0.296 bits per heavy atom. The van der Waals surface area contributed by atoms with Gasteiger partial charge in [0.2, 0.25) is 0 Å². The predicted octanol–water partition coefficient (Wildman–Crippen LogP) is 7.08. The van der Waals surface area contributed by atoms with Crippen LogP contribution in [0.2, 0.25) is 118 Å². The number of rotatable bonds is 8. The van der Waals surface area contributed by atoms with Crippen LogP contribution in [0, 0.1) is 0 Å². The summed E-state index contributed by atoms with van der Waals surface area (Å²) in [6, 6.07) is 0. The van der Waals surface area contributed by atoms with Crippen molar-refractivity contribution in [1.29, 1.82) is 0 Å². The van der Waals surface area contributed by atoms with E-state index in [0.717, 1.165) is 0 Å². The maximum Gasteiger partial charge on any atom is 0.0303 e. The van der Waals surface area contributed by atoms with Crippen molar-refractivity contribution in [2.75, 3.05) is 0 Å². The van der Waals surface area contributed by atoms with Crippen molar-refractivity contribution < 1.29 is 0 Å². The molecule has 0 aromatic carbocycles. The Morgan fingerprint density at radius 2 is 0.444 bits per heavy atom. The molecule has 0 amide bonds. The average molecular weight is 523 g/mol. The summed E-state index contributed by atoms with van der Waals surface area (Å²) < 4.78 is 0. The second-order valence-corrected chi connectivity index (χ2v) is 107. The van der Waals surface area contributed by atoms with Crippen molar-refractivity contribution in [3.05, 3.63) is 0 Å². The summed E-state index contributed by atoms with van der Waals surface area (Å²) in [6.45, 7) is 50.8. The lowest BCUT2D eigenvalue weighted by Crippen LogP contribution is -2.90. The van der Waals surface area contributed by atoms with Gasteiger partial charge in [-0.15, -0.1) is 0 Å². The second-order valence-electron chi connectivity index (χ2n) is 14.6. The molecule has 0 heterocycles. The summed E-state index contributed by atoms with van der Waals surface area (Å²) in [5.74, 6) is 0. The summed E-state index contributed by atoms with van der Waals surface area (Å²) in [4.78, 5) is 0. The Hall–Kier alpha value is 1.95. The molecule has 0 aromatic rings. The average Bonchev–Trinajstić information content (AvgIpc) is 2.16. The van der Waals surface area contributed by atoms with Crippen LogP contribution in [0.15, 0.2) is 0 Å². The van der Waals surface area contributed by atoms with Crippen LogP contribution in [-0.2, 0) is 0 Å². The van der Waals surface area contributed by atoms with Gasteiger partial charge in [0.25, 0.3) is 0 Å². The maximum absolute atomic E-state index is 2.96. The first-order chi connectivity index (χ1) is 11.2. The van der Waals surface area contributed by atoms with E-state index in [9.17, 15) is 0 Å². The topological polar surface area (TPSA) is 0 Å². The van der Waals surface area contributed by atoms with Gasteiger partial charge in [-0.05, 0) is 0 Å². The molecule has 9 heteroatoms. The van der Waals surface area contributed by atoms with Crippen molar-refractivity contribution >= 4 is 66.4 Å². The first-order valence-electron chi connectivity index (χ1n) is 11.0. The molecule has 162 valence electrons. The summed E-state index contributed by atoms with van der Waals surface area (Å²) in [5, 5.41) is 0. The van der Waals surface area contributed by atoms with E-state index in [1.165, 1.54) is 0 Å². The zero-order valence-electron chi connectivity index (χ0n) is 22.5. The van der Waals surface area contributed by atoms with Crippen molar-refractivity contribution in [2.45, 2.75) is 118 Å². The lowest BCUT2D eigenvalue weighted by molar-refractivity contribution is 1.77. The Kier molecular flexibility index (Phi) is 8.73. The van der Waals surface area contributed by atoms with Gasteiger partial charge in [0.1, 0.15) is 0 Å². The lowest BCUT2D eigenvalue weighted by atomic mass is 11.8. The molecule has 0 aromatic heterocycles. The quantitative estimate of drug-likeness (QED) is 0.299. The molecule has 0 bridgehead atoms. The monoisotopic (exact) mass is 522 g/mol. The molecule has 0 aliphatic heterocycles. The molecule has 0 saturated carbocycles. The molecule has 0 rings (SSSR count). The van der Waals surface area contributed by atoms with Crippen LogP contribution >= 0.6 is 0 Å². The van der Waals surface area contributed by atoms with Crippen molar-refractivity contribution in [3.8, 4) is 0 Å². The van der Waals surface area contributed by atoms with Gasteiger partial charge in [-0.1, -0.05) is 118 Å². The van der Waals surface area contributed by atoms with E-state index in [-0.39, 0.29) is 14.7 Å². The van der Waals surface area contributed by atoms with Gasteiger partial charge in [0, 0.05) is 66.4 Å². The maximum atomic E-state index is 2.96. The van der Waals surface area contributed by atoms with Crippen molar-refractivity contribution in [2.24, 2.45) is 0 Å². The van der Waals surface area contributed by atoms with E-state index in [1.54, 1.807) is 0 Å². The Bertz CT molecular complexity index is 437. The van der Waals surface area contributed by atoms with Crippen LogP contribution in [0.25, 0.3) is 0 Å². The molecule has 0 aliphatic carbocycles. The minimum absolute atomic E-state index is 0.154. The van der Waals surface area contributed by atoms with Crippen LogP contribution in [0.5, 0.6) is 0 Å². The highest BCUT2D eigenvalue weighted by molar-refractivity contribution is 8.06. The summed E-state index contributed by atoms with van der Waals surface area (Å²) in [5.41, 5.74) is 0. The minimum Gasteiger partial charge on any atom is -0.0739 e. The van der Waals surface area contributed by atoms with Gasteiger partial charge in [0.15, 0.2) is 0 Å². The molecule has 0 nitrogen and oxygen atoms in total. The lowest BCUT2D eigenvalue weighted by Gasteiger charge is -2.61. The summed E-state index contributed by atoms with van der Waals surface area (Å²) >= 11 is 0. The first kappa shape index (κ1) is 29.0. The van der Waals surface area contributed by atoms with Gasteiger partial charge in [-0.3, -0.25) is 0 Å². The van der Waals surface area contributed by atoms with E-state index >= 15 is 0 Å². The minimum atomic E-state index is -1.22. The van der Waals surface area contributed by atoms with Crippen LogP contribution in [0.3, 0.4) is 0 Å². The molecular formula is C18H54Si9. The fraction of sp³-hybridized carbons (Fsp3) is 1.00. The Balaban J connectivity index is 6.73. The van der Waals surface area contributed by atoms with Gasteiger partial charge in [0.05, 0.1) is 0 Å². The highest BCUT2D eigenvalue weighted by atomic mass is 30.2. The van der Waals surface area contributed by atoms with E-state index < -0.39 is 51.7 Å². The van der Waals surface area contributed by atoms with Crippen molar-refractivity contribution in [3.63, 3.8) is 0 Å².